The number of aromatic nitrogens is 2. The number of carbonyl (C=O) groups excluding carboxylic acids is 1. The molecule has 2 aliphatic heterocycles. The average molecular weight is 388 g/mol. The molecular formula is C19H24N4O3S. The summed E-state index contributed by atoms with van der Waals surface area (Å²) in [7, 11) is -3.42. The zero-order chi connectivity index (χ0) is 19.0. The second kappa shape index (κ2) is 7.09. The number of carbonyl (C=O) groups is 1. The molecule has 144 valence electrons. The molecule has 1 aromatic carbocycles. The van der Waals surface area contributed by atoms with Gasteiger partial charge in [-0.2, -0.15) is 9.40 Å². The summed E-state index contributed by atoms with van der Waals surface area (Å²) in [5.41, 5.74) is 3.08. The van der Waals surface area contributed by atoms with Crippen molar-refractivity contribution < 1.29 is 13.2 Å². The molecule has 0 N–H and O–H groups in total. The number of sulfonamides is 1. The Labute approximate surface area is 159 Å². The Bertz CT molecular complexity index is 944. The standard InChI is InChI=1S/C19H24N4O3S/c1-15-4-6-16(7-5-15)14-27(25,26)22-10-11-23-17(13-22)12-18(20-23)19(24)21-8-2-3-9-21/h4-7,12H,2-3,8-11,13-14H2,1H3. The Balaban J connectivity index is 1.49. The molecule has 8 heteroatoms. The smallest absolute Gasteiger partial charge is 0.274 e. The minimum Gasteiger partial charge on any atom is -0.337 e. The Morgan fingerprint density at radius 3 is 2.48 bits per heavy atom. The summed E-state index contributed by atoms with van der Waals surface area (Å²) in [5, 5.41) is 4.41. The zero-order valence-corrected chi connectivity index (χ0v) is 16.3. The van der Waals surface area contributed by atoms with E-state index in [0.717, 1.165) is 42.8 Å². The van der Waals surface area contributed by atoms with E-state index in [1.165, 1.54) is 4.31 Å². The van der Waals surface area contributed by atoms with Crippen LogP contribution >= 0.6 is 0 Å². The molecule has 7 nitrogen and oxygen atoms in total. The van der Waals surface area contributed by atoms with Crippen LogP contribution in [0, 0.1) is 6.92 Å². The van der Waals surface area contributed by atoms with Crippen LogP contribution in [0.5, 0.6) is 0 Å². The van der Waals surface area contributed by atoms with Gasteiger partial charge in [0.15, 0.2) is 5.69 Å². The lowest BCUT2D eigenvalue weighted by Gasteiger charge is -2.27. The Hall–Kier alpha value is -2.19. The fourth-order valence-electron chi connectivity index (χ4n) is 3.65. The largest absolute Gasteiger partial charge is 0.337 e. The highest BCUT2D eigenvalue weighted by atomic mass is 32.2. The molecule has 4 rings (SSSR count). The predicted octanol–water partition coefficient (Wildman–Crippen LogP) is 1.77. The van der Waals surface area contributed by atoms with Gasteiger partial charge in [-0.1, -0.05) is 29.8 Å². The highest BCUT2D eigenvalue weighted by Crippen LogP contribution is 2.21. The van der Waals surface area contributed by atoms with Crippen molar-refractivity contribution in [3.8, 4) is 0 Å². The molecule has 0 spiro atoms. The predicted molar refractivity (Wildman–Crippen MR) is 102 cm³/mol. The minimum atomic E-state index is -3.42. The lowest BCUT2D eigenvalue weighted by Crippen LogP contribution is -2.39. The van der Waals surface area contributed by atoms with Gasteiger partial charge in [-0.3, -0.25) is 9.48 Å². The summed E-state index contributed by atoms with van der Waals surface area (Å²) < 4.78 is 28.9. The maximum absolute atomic E-state index is 12.8. The van der Waals surface area contributed by atoms with E-state index in [2.05, 4.69) is 5.10 Å². The van der Waals surface area contributed by atoms with E-state index in [1.807, 2.05) is 36.1 Å². The summed E-state index contributed by atoms with van der Waals surface area (Å²) in [4.78, 5) is 14.3. The molecular weight excluding hydrogens is 364 g/mol. The lowest BCUT2D eigenvalue weighted by atomic mass is 10.2. The highest BCUT2D eigenvalue weighted by molar-refractivity contribution is 7.88. The van der Waals surface area contributed by atoms with Crippen molar-refractivity contribution >= 4 is 15.9 Å². The molecule has 0 unspecified atom stereocenters. The Morgan fingerprint density at radius 2 is 1.78 bits per heavy atom. The van der Waals surface area contributed by atoms with Crippen molar-refractivity contribution in [1.82, 2.24) is 19.0 Å². The van der Waals surface area contributed by atoms with E-state index in [4.69, 9.17) is 0 Å². The molecule has 1 amide bonds. The number of fused-ring (bicyclic) bond motifs is 1. The first kappa shape index (κ1) is 18.2. The first-order valence-corrected chi connectivity index (χ1v) is 10.9. The molecule has 2 aromatic rings. The van der Waals surface area contributed by atoms with Crippen molar-refractivity contribution in [1.29, 1.82) is 0 Å². The summed E-state index contributed by atoms with van der Waals surface area (Å²) in [6, 6.07) is 9.30. The number of aryl methyl sites for hydroxylation is 1. The van der Waals surface area contributed by atoms with Crippen LogP contribution in [0.25, 0.3) is 0 Å². The highest BCUT2D eigenvalue weighted by Gasteiger charge is 2.30. The number of likely N-dealkylation sites (tertiary alicyclic amines) is 1. The van der Waals surface area contributed by atoms with Gasteiger partial charge in [0.05, 0.1) is 24.5 Å². The van der Waals surface area contributed by atoms with Crippen molar-refractivity contribution in [2.75, 3.05) is 19.6 Å². The summed E-state index contributed by atoms with van der Waals surface area (Å²) in [6.07, 6.45) is 2.06. The fourth-order valence-corrected chi connectivity index (χ4v) is 5.14. The molecule has 0 saturated carbocycles. The van der Waals surface area contributed by atoms with Crippen LogP contribution in [0.2, 0.25) is 0 Å². The minimum absolute atomic E-state index is 0.0129. The van der Waals surface area contributed by atoms with Crippen molar-refractivity contribution in [2.45, 2.75) is 38.6 Å². The van der Waals surface area contributed by atoms with E-state index >= 15 is 0 Å². The van der Waals surface area contributed by atoms with Gasteiger partial charge in [0.2, 0.25) is 10.0 Å². The number of nitrogens with zero attached hydrogens (tertiary/aromatic N) is 4. The van der Waals surface area contributed by atoms with Gasteiger partial charge in [0, 0.05) is 19.6 Å². The van der Waals surface area contributed by atoms with Crippen molar-refractivity contribution in [2.24, 2.45) is 0 Å². The molecule has 0 radical (unpaired) electrons. The van der Waals surface area contributed by atoms with E-state index in [9.17, 15) is 13.2 Å². The van der Waals surface area contributed by atoms with Crippen molar-refractivity contribution in [3.63, 3.8) is 0 Å². The maximum atomic E-state index is 12.8. The van der Waals surface area contributed by atoms with Gasteiger partial charge in [0.1, 0.15) is 0 Å². The van der Waals surface area contributed by atoms with Gasteiger partial charge in [-0.25, -0.2) is 8.42 Å². The zero-order valence-electron chi connectivity index (χ0n) is 15.5. The molecule has 27 heavy (non-hydrogen) atoms. The number of hydrogen-bond acceptors (Lipinski definition) is 4. The maximum Gasteiger partial charge on any atom is 0.274 e. The van der Waals surface area contributed by atoms with Crippen LogP contribution < -0.4 is 0 Å². The van der Waals surface area contributed by atoms with Crippen LogP contribution in [-0.4, -0.2) is 52.9 Å². The molecule has 1 aromatic heterocycles. The monoisotopic (exact) mass is 388 g/mol. The van der Waals surface area contributed by atoms with Crippen LogP contribution in [0.3, 0.4) is 0 Å². The van der Waals surface area contributed by atoms with Crippen LogP contribution in [-0.2, 0) is 28.9 Å². The molecule has 3 heterocycles. The van der Waals surface area contributed by atoms with Crippen LogP contribution in [0.15, 0.2) is 30.3 Å². The topological polar surface area (TPSA) is 75.5 Å². The van der Waals surface area contributed by atoms with E-state index in [0.29, 0.717) is 18.8 Å². The third-order valence-corrected chi connectivity index (χ3v) is 7.03. The summed E-state index contributed by atoms with van der Waals surface area (Å²) in [5.74, 6) is -0.0653. The van der Waals surface area contributed by atoms with Crippen LogP contribution in [0.4, 0.5) is 0 Å². The summed E-state index contributed by atoms with van der Waals surface area (Å²) in [6.45, 7) is 4.63. The number of hydrogen-bond donors (Lipinski definition) is 0. The normalized spacial score (nSPS) is 17.9. The van der Waals surface area contributed by atoms with Gasteiger partial charge in [-0.05, 0) is 31.4 Å². The summed E-state index contributed by atoms with van der Waals surface area (Å²) >= 11 is 0. The van der Waals surface area contributed by atoms with Gasteiger partial charge in [0.25, 0.3) is 5.91 Å². The Morgan fingerprint density at radius 1 is 1.07 bits per heavy atom. The first-order chi connectivity index (χ1) is 12.9. The van der Waals surface area contributed by atoms with E-state index in [-0.39, 0.29) is 18.2 Å². The number of benzene rings is 1. The molecule has 2 aliphatic rings. The first-order valence-electron chi connectivity index (χ1n) is 9.32. The molecule has 0 aliphatic carbocycles. The quantitative estimate of drug-likeness (QED) is 0.800. The molecule has 0 bridgehead atoms. The average Bonchev–Trinajstić information content (AvgIpc) is 3.32. The number of amides is 1. The van der Waals surface area contributed by atoms with Gasteiger partial charge < -0.3 is 4.90 Å². The fraction of sp³-hybridized carbons (Fsp3) is 0.474. The second-order valence-electron chi connectivity index (χ2n) is 7.32. The van der Waals surface area contributed by atoms with Gasteiger partial charge >= 0.3 is 0 Å². The Kier molecular flexibility index (Phi) is 4.77. The van der Waals surface area contributed by atoms with Crippen molar-refractivity contribution in [3.05, 3.63) is 52.8 Å². The third kappa shape index (κ3) is 3.77. The number of rotatable bonds is 4. The van der Waals surface area contributed by atoms with E-state index in [1.54, 1.807) is 10.7 Å². The lowest BCUT2D eigenvalue weighted by molar-refractivity contribution is 0.0786. The molecule has 1 saturated heterocycles. The second-order valence-corrected chi connectivity index (χ2v) is 9.29. The van der Waals surface area contributed by atoms with Gasteiger partial charge in [-0.15, -0.1) is 0 Å². The van der Waals surface area contributed by atoms with Crippen LogP contribution in [0.1, 0.15) is 40.2 Å². The van der Waals surface area contributed by atoms with E-state index < -0.39 is 10.0 Å². The molecule has 1 fully saturated rings. The molecule has 0 atom stereocenters. The third-order valence-electron chi connectivity index (χ3n) is 5.24. The SMILES string of the molecule is Cc1ccc(CS(=O)(=O)N2CCn3nc(C(=O)N4CCCC4)cc3C2)cc1.